The smallest absolute Gasteiger partial charge is 0.265 e. The largest absolute Gasteiger partial charge is 0.470 e. The second-order valence-corrected chi connectivity index (χ2v) is 9.80. The van der Waals surface area contributed by atoms with E-state index in [-0.39, 0.29) is 0 Å². The van der Waals surface area contributed by atoms with Gasteiger partial charge in [-0.25, -0.2) is 0 Å². The molecule has 2 nitrogen and oxygen atoms in total. The molecule has 0 fully saturated rings. The normalized spacial score (nSPS) is 12.1. The Bertz CT molecular complexity index is 590. The molecule has 2 rings (SSSR count). The Balaban J connectivity index is 2.02. The van der Waals surface area contributed by atoms with Crippen molar-refractivity contribution in [1.29, 1.82) is 0 Å². The molecule has 0 N–H and O–H groups in total. The van der Waals surface area contributed by atoms with Gasteiger partial charge in [-0.1, -0.05) is 66.7 Å². The third-order valence-corrected chi connectivity index (χ3v) is 4.68. The van der Waals surface area contributed by atoms with Gasteiger partial charge in [-0.05, 0) is 25.6 Å². The highest BCUT2D eigenvalue weighted by Crippen LogP contribution is 2.20. The van der Waals surface area contributed by atoms with E-state index >= 15 is 0 Å². The molecule has 6 heteroatoms. The minimum atomic E-state index is 0.601. The Morgan fingerprint density at radius 2 is 1.52 bits per heavy atom. The molecule has 0 spiro atoms. The van der Waals surface area contributed by atoms with E-state index in [0.29, 0.717) is 8.88 Å². The maximum Gasteiger partial charge on any atom is 0.265 e. The Morgan fingerprint density at radius 3 is 2.24 bits per heavy atom. The summed E-state index contributed by atoms with van der Waals surface area (Å²) in [6.45, 7) is 0.912. The zero-order valence-electron chi connectivity index (χ0n) is 11.7. The zero-order chi connectivity index (χ0) is 15.1. The first kappa shape index (κ1) is 17.5. The molecule has 0 amide bonds. The topological polar surface area (TPSA) is 6.48 Å². The van der Waals surface area contributed by atoms with Crippen LogP contribution in [0.3, 0.4) is 0 Å². The van der Waals surface area contributed by atoms with Crippen LogP contribution in [0.2, 0.25) is 0 Å². The predicted molar refractivity (Wildman–Crippen MR) is 94.8 cm³/mol. The van der Waals surface area contributed by atoms with Gasteiger partial charge in [-0.3, -0.25) is 0 Å². The minimum absolute atomic E-state index is 0.601. The molecule has 0 aromatic heterocycles. The van der Waals surface area contributed by atoms with Crippen LogP contribution in [-0.4, -0.2) is 55.8 Å². The maximum absolute atomic E-state index is 2.77. The summed E-state index contributed by atoms with van der Waals surface area (Å²) in [6, 6.07) is 19.0. The van der Waals surface area contributed by atoms with Crippen molar-refractivity contribution in [2.75, 3.05) is 0 Å². The first-order valence-electron chi connectivity index (χ1n) is 6.53. The van der Waals surface area contributed by atoms with E-state index in [1.54, 1.807) is 0 Å². The average Bonchev–Trinajstić information content (AvgIpc) is 2.46. The second kappa shape index (κ2) is 9.31. The van der Waals surface area contributed by atoms with E-state index in [4.69, 9.17) is 0 Å². The van der Waals surface area contributed by atoms with E-state index in [0.717, 1.165) is 6.54 Å². The fourth-order valence-electron chi connectivity index (χ4n) is 1.93. The van der Waals surface area contributed by atoms with Crippen LogP contribution in [-0.2, 0) is 6.54 Å². The van der Waals surface area contributed by atoms with Gasteiger partial charge in [0.25, 0.3) is 16.5 Å². The first-order chi connectivity index (χ1) is 10.1. The molecule has 0 aliphatic rings. The molecule has 2 aromatic carbocycles. The van der Waals surface area contributed by atoms with Gasteiger partial charge >= 0.3 is 0 Å². The number of hydrogen-bond acceptors (Lipinski definition) is 2. The SMILES string of the molecule is [Al][N]([Al])P[N]([Al])Cc1cccc(/C=C\c2ccccc2)c1. The molecule has 1 atom stereocenters. The lowest BCUT2D eigenvalue weighted by Gasteiger charge is -2.25. The van der Waals surface area contributed by atoms with Gasteiger partial charge in [-0.2, -0.15) is 0 Å². The van der Waals surface area contributed by atoms with Gasteiger partial charge in [0.1, 0.15) is 0 Å². The van der Waals surface area contributed by atoms with Crippen molar-refractivity contribution in [2.45, 2.75) is 6.54 Å². The average molecular weight is 334 g/mol. The molecule has 0 aliphatic carbocycles. The molecule has 0 aliphatic heterocycles. The van der Waals surface area contributed by atoms with Gasteiger partial charge in [0.15, 0.2) is 0 Å². The molecule has 0 saturated carbocycles. The number of hydrogen-bond donors (Lipinski definition) is 0. The van der Waals surface area contributed by atoms with Crippen molar-refractivity contribution >= 4 is 70.6 Å². The van der Waals surface area contributed by atoms with E-state index in [9.17, 15) is 0 Å². The third-order valence-electron chi connectivity index (χ3n) is 2.82. The van der Waals surface area contributed by atoms with Gasteiger partial charge in [0.05, 0.1) is 0 Å². The van der Waals surface area contributed by atoms with E-state index in [2.05, 4.69) is 114 Å². The highest BCUT2D eigenvalue weighted by molar-refractivity contribution is 7.37. The number of benzene rings is 2. The highest BCUT2D eigenvalue weighted by Gasteiger charge is 2.00. The third kappa shape index (κ3) is 6.83. The summed E-state index contributed by atoms with van der Waals surface area (Å²) in [5, 5.41) is 0. The molecule has 98 valence electrons. The summed E-state index contributed by atoms with van der Waals surface area (Å²) in [5.74, 6) is 0. The molecule has 21 heavy (non-hydrogen) atoms. The monoisotopic (exact) mass is 334 g/mol. The molecule has 0 bridgehead atoms. The molecule has 0 saturated heterocycles. The van der Waals surface area contributed by atoms with E-state index in [1.807, 2.05) is 8.70 Å². The Labute approximate surface area is 154 Å². The second-order valence-electron chi connectivity index (χ2n) is 4.62. The van der Waals surface area contributed by atoms with Gasteiger partial charge in [0.2, 0.25) is 33.0 Å². The summed E-state index contributed by atoms with van der Waals surface area (Å²) >= 11 is 8.07. The minimum Gasteiger partial charge on any atom is -0.470 e. The maximum atomic E-state index is 2.77. The number of nitrogens with zero attached hydrogens (tertiary/aromatic N) is 2. The summed E-state index contributed by atoms with van der Waals surface area (Å²) in [4.78, 5) is 0. The first-order valence-corrected chi connectivity index (χ1v) is 8.98. The number of rotatable bonds is 6. The van der Waals surface area contributed by atoms with Crippen LogP contribution >= 0.6 is 8.88 Å². The molecular weight excluding hydrogens is 320 g/mol. The quantitative estimate of drug-likeness (QED) is 0.455. The summed E-state index contributed by atoms with van der Waals surface area (Å²) in [6.07, 6.45) is 4.30. The van der Waals surface area contributed by atoms with Crippen molar-refractivity contribution in [1.82, 2.24) is 6.29 Å². The molecule has 2 aromatic rings. The van der Waals surface area contributed by atoms with E-state index < -0.39 is 0 Å². The van der Waals surface area contributed by atoms with Crippen molar-refractivity contribution < 1.29 is 0 Å². The Hall–Kier alpha value is 0.127. The van der Waals surface area contributed by atoms with Crippen molar-refractivity contribution in [3.63, 3.8) is 0 Å². The standard InChI is InChI=1S/C15H14N2P.3Al/c16-18-17-12-15-8-4-7-14(11-15)10-9-13-5-2-1-3-6-13;;;/h1-11,18H,12H2;;;/q-1;;;+1/b10-9-;;;. The predicted octanol–water partition coefficient (Wildman–Crippen LogP) is 2.72. The van der Waals surface area contributed by atoms with Crippen LogP contribution in [0.25, 0.3) is 12.2 Å². The molecule has 0 heterocycles. The van der Waals surface area contributed by atoms with Crippen LogP contribution in [0, 0.1) is 0 Å². The summed E-state index contributed by atoms with van der Waals surface area (Å²) in [7, 11) is 0.601. The Morgan fingerprint density at radius 1 is 0.857 bits per heavy atom. The van der Waals surface area contributed by atoms with Crippen LogP contribution in [0.1, 0.15) is 16.7 Å². The van der Waals surface area contributed by atoms with Crippen molar-refractivity contribution in [2.24, 2.45) is 0 Å². The van der Waals surface area contributed by atoms with Crippen molar-refractivity contribution in [3.05, 3.63) is 71.3 Å². The fourth-order valence-corrected chi connectivity index (χ4v) is 4.78. The van der Waals surface area contributed by atoms with Gasteiger partial charge < -0.3 is 6.29 Å². The lowest BCUT2D eigenvalue weighted by molar-refractivity contribution is 0.695. The van der Waals surface area contributed by atoms with Crippen LogP contribution < -0.4 is 0 Å². The summed E-state index contributed by atoms with van der Waals surface area (Å²) in [5.41, 5.74) is 3.76. The fraction of sp³-hybridized carbons (Fsp3) is 0.0667. The lowest BCUT2D eigenvalue weighted by Crippen LogP contribution is -2.16. The van der Waals surface area contributed by atoms with Crippen LogP contribution in [0.4, 0.5) is 0 Å². The van der Waals surface area contributed by atoms with Crippen molar-refractivity contribution in [3.8, 4) is 0 Å². The van der Waals surface area contributed by atoms with Gasteiger partial charge in [0, 0.05) is 6.54 Å². The summed E-state index contributed by atoms with van der Waals surface area (Å²) < 4.78 is 4.23. The highest BCUT2D eigenvalue weighted by atomic mass is 31.1. The lowest BCUT2D eigenvalue weighted by atomic mass is 10.1. The molecule has 1 unspecified atom stereocenters. The molecule has 6 radical (unpaired) electrons. The van der Waals surface area contributed by atoms with Crippen LogP contribution in [0.15, 0.2) is 54.6 Å². The zero-order valence-corrected chi connectivity index (χ0v) is 16.1. The van der Waals surface area contributed by atoms with E-state index in [1.165, 1.54) is 16.7 Å². The van der Waals surface area contributed by atoms with Gasteiger partial charge in [-0.15, -0.1) is 0 Å². The Kier molecular flexibility index (Phi) is 7.75. The van der Waals surface area contributed by atoms with Crippen LogP contribution in [0.5, 0.6) is 0 Å². The molecular formula is C15H14Al3N2P.